The van der Waals surface area contributed by atoms with Crippen molar-refractivity contribution in [2.24, 2.45) is 0 Å². The summed E-state index contributed by atoms with van der Waals surface area (Å²) in [6.07, 6.45) is 1.70. The van der Waals surface area contributed by atoms with Crippen LogP contribution in [0.4, 0.5) is 0 Å². The Morgan fingerprint density at radius 1 is 1.06 bits per heavy atom. The molecule has 0 atom stereocenters. The van der Waals surface area contributed by atoms with Crippen LogP contribution >= 0.6 is 11.3 Å². The van der Waals surface area contributed by atoms with Crippen LogP contribution in [0.5, 0.6) is 0 Å². The fourth-order valence-corrected chi connectivity index (χ4v) is 2.40. The summed E-state index contributed by atoms with van der Waals surface area (Å²) in [6, 6.07) is 15.0. The van der Waals surface area contributed by atoms with Gasteiger partial charge in [-0.2, -0.15) is 5.10 Å². The van der Waals surface area contributed by atoms with Crippen molar-refractivity contribution in [1.82, 2.24) is 9.78 Å². The van der Waals surface area contributed by atoms with Gasteiger partial charge < -0.3 is 0 Å². The van der Waals surface area contributed by atoms with Gasteiger partial charge in [-0.05, 0) is 29.6 Å². The highest BCUT2D eigenvalue weighted by Crippen LogP contribution is 2.22. The molecular weight excluding hydrogens is 244 g/mol. The van der Waals surface area contributed by atoms with Crippen LogP contribution in [0.3, 0.4) is 0 Å². The van der Waals surface area contributed by atoms with Gasteiger partial charge in [0, 0.05) is 11.8 Å². The Bertz CT molecular complexity index is 656. The monoisotopic (exact) mass is 254 g/mol. The van der Waals surface area contributed by atoms with E-state index in [0.29, 0.717) is 5.56 Å². The maximum absolute atomic E-state index is 12.1. The molecule has 0 bridgehead atoms. The normalized spacial score (nSPS) is 10.4. The van der Waals surface area contributed by atoms with E-state index in [1.54, 1.807) is 29.7 Å². The van der Waals surface area contributed by atoms with E-state index < -0.39 is 0 Å². The first kappa shape index (κ1) is 10.9. The van der Waals surface area contributed by atoms with Crippen LogP contribution in [0.2, 0.25) is 0 Å². The van der Waals surface area contributed by atoms with Crippen molar-refractivity contribution in [2.45, 2.75) is 0 Å². The van der Waals surface area contributed by atoms with Crippen molar-refractivity contribution in [3.63, 3.8) is 0 Å². The van der Waals surface area contributed by atoms with E-state index in [1.165, 1.54) is 4.68 Å². The van der Waals surface area contributed by atoms with E-state index in [0.717, 1.165) is 10.6 Å². The molecule has 0 spiro atoms. The van der Waals surface area contributed by atoms with Gasteiger partial charge in [-0.3, -0.25) is 4.79 Å². The van der Waals surface area contributed by atoms with Crippen molar-refractivity contribution in [1.29, 1.82) is 0 Å². The van der Waals surface area contributed by atoms with Gasteiger partial charge in [0.1, 0.15) is 5.69 Å². The number of carbonyl (C=O) groups excluding carboxylic acids is 1. The minimum atomic E-state index is -0.113. The lowest BCUT2D eigenvalue weighted by molar-refractivity contribution is 0.0945. The second-order valence-electron chi connectivity index (χ2n) is 3.79. The molecule has 0 aliphatic carbocycles. The SMILES string of the molecule is O=C(c1ccccc1)n1ccc(-c2cccs2)n1. The number of hydrogen-bond donors (Lipinski definition) is 0. The highest BCUT2D eigenvalue weighted by Gasteiger charge is 2.10. The number of thiophene rings is 1. The van der Waals surface area contributed by atoms with E-state index in [9.17, 15) is 4.79 Å². The summed E-state index contributed by atoms with van der Waals surface area (Å²) in [5.74, 6) is -0.113. The molecule has 3 rings (SSSR count). The minimum absolute atomic E-state index is 0.113. The molecule has 3 nitrogen and oxygen atoms in total. The lowest BCUT2D eigenvalue weighted by atomic mass is 10.2. The predicted molar refractivity (Wildman–Crippen MR) is 71.7 cm³/mol. The maximum atomic E-state index is 12.1. The molecule has 3 aromatic rings. The predicted octanol–water partition coefficient (Wildman–Crippen LogP) is 3.30. The molecule has 0 aliphatic rings. The number of nitrogens with zero attached hydrogens (tertiary/aromatic N) is 2. The Morgan fingerprint density at radius 3 is 2.61 bits per heavy atom. The summed E-state index contributed by atoms with van der Waals surface area (Å²) in [6.45, 7) is 0. The van der Waals surface area contributed by atoms with Crippen molar-refractivity contribution in [2.75, 3.05) is 0 Å². The van der Waals surface area contributed by atoms with E-state index in [-0.39, 0.29) is 5.91 Å². The van der Waals surface area contributed by atoms with E-state index in [4.69, 9.17) is 0 Å². The molecule has 1 aromatic carbocycles. The zero-order valence-electron chi connectivity index (χ0n) is 9.48. The third-order valence-electron chi connectivity index (χ3n) is 2.59. The summed E-state index contributed by atoms with van der Waals surface area (Å²) in [7, 11) is 0. The van der Waals surface area contributed by atoms with E-state index in [1.807, 2.05) is 41.8 Å². The molecule has 0 amide bonds. The smallest absolute Gasteiger partial charge is 0.267 e. The van der Waals surface area contributed by atoms with Crippen LogP contribution in [0.15, 0.2) is 60.1 Å². The highest BCUT2D eigenvalue weighted by molar-refractivity contribution is 7.13. The molecule has 0 N–H and O–H groups in total. The zero-order chi connectivity index (χ0) is 12.4. The van der Waals surface area contributed by atoms with Crippen molar-refractivity contribution < 1.29 is 4.79 Å². The van der Waals surface area contributed by atoms with Gasteiger partial charge in [0.15, 0.2) is 0 Å². The number of hydrogen-bond acceptors (Lipinski definition) is 3. The average Bonchev–Trinajstić information content (AvgIpc) is 3.09. The number of benzene rings is 1. The zero-order valence-corrected chi connectivity index (χ0v) is 10.3. The first-order valence-corrected chi connectivity index (χ1v) is 6.42. The molecule has 0 unspecified atom stereocenters. The second-order valence-corrected chi connectivity index (χ2v) is 4.74. The Kier molecular flexibility index (Phi) is 2.78. The minimum Gasteiger partial charge on any atom is -0.267 e. The van der Waals surface area contributed by atoms with Crippen LogP contribution < -0.4 is 0 Å². The lowest BCUT2D eigenvalue weighted by Crippen LogP contribution is -2.12. The van der Waals surface area contributed by atoms with Gasteiger partial charge in [-0.1, -0.05) is 24.3 Å². The molecule has 18 heavy (non-hydrogen) atoms. The van der Waals surface area contributed by atoms with Crippen LogP contribution in [-0.4, -0.2) is 15.7 Å². The van der Waals surface area contributed by atoms with Crippen LogP contribution in [0.1, 0.15) is 10.4 Å². The Labute approximate surface area is 108 Å². The number of rotatable bonds is 2. The van der Waals surface area contributed by atoms with Gasteiger partial charge in [-0.25, -0.2) is 4.68 Å². The number of aromatic nitrogens is 2. The molecule has 0 saturated heterocycles. The van der Waals surface area contributed by atoms with E-state index in [2.05, 4.69) is 5.10 Å². The quantitative estimate of drug-likeness (QED) is 0.703. The summed E-state index contributed by atoms with van der Waals surface area (Å²) < 4.78 is 1.38. The van der Waals surface area contributed by atoms with Crippen molar-refractivity contribution in [3.05, 3.63) is 65.7 Å². The van der Waals surface area contributed by atoms with Gasteiger partial charge in [0.2, 0.25) is 0 Å². The molecular formula is C14H10N2OS. The summed E-state index contributed by atoms with van der Waals surface area (Å²) in [5.41, 5.74) is 1.47. The lowest BCUT2D eigenvalue weighted by Gasteiger charge is -1.99. The van der Waals surface area contributed by atoms with Gasteiger partial charge in [0.25, 0.3) is 5.91 Å². The Hall–Kier alpha value is -2.20. The second kappa shape index (κ2) is 4.58. The van der Waals surface area contributed by atoms with Crippen molar-refractivity contribution >= 4 is 17.2 Å². The van der Waals surface area contributed by atoms with Gasteiger partial charge in [0.05, 0.1) is 4.88 Å². The average molecular weight is 254 g/mol. The highest BCUT2D eigenvalue weighted by atomic mass is 32.1. The molecule has 0 aliphatic heterocycles. The third kappa shape index (κ3) is 1.98. The molecule has 2 aromatic heterocycles. The fraction of sp³-hybridized carbons (Fsp3) is 0. The Balaban J connectivity index is 1.93. The summed E-state index contributed by atoms with van der Waals surface area (Å²) in [5, 5.41) is 6.30. The molecule has 0 fully saturated rings. The van der Waals surface area contributed by atoms with Crippen molar-refractivity contribution in [3.8, 4) is 10.6 Å². The largest absolute Gasteiger partial charge is 0.278 e. The summed E-state index contributed by atoms with van der Waals surface area (Å²) in [4.78, 5) is 13.2. The first-order valence-electron chi connectivity index (χ1n) is 5.54. The third-order valence-corrected chi connectivity index (χ3v) is 3.48. The number of carbonyl (C=O) groups is 1. The van der Waals surface area contributed by atoms with E-state index >= 15 is 0 Å². The molecule has 2 heterocycles. The van der Waals surface area contributed by atoms with Gasteiger partial charge in [-0.15, -0.1) is 11.3 Å². The Morgan fingerprint density at radius 2 is 1.89 bits per heavy atom. The molecule has 4 heteroatoms. The standard InChI is InChI=1S/C14H10N2OS/c17-14(11-5-2-1-3-6-11)16-9-8-12(15-16)13-7-4-10-18-13/h1-10H. The summed E-state index contributed by atoms with van der Waals surface area (Å²) >= 11 is 1.61. The molecule has 0 saturated carbocycles. The maximum Gasteiger partial charge on any atom is 0.278 e. The van der Waals surface area contributed by atoms with Gasteiger partial charge >= 0.3 is 0 Å². The molecule has 88 valence electrons. The van der Waals surface area contributed by atoms with Crippen LogP contribution in [0, 0.1) is 0 Å². The topological polar surface area (TPSA) is 34.9 Å². The molecule has 0 radical (unpaired) electrons. The van der Waals surface area contributed by atoms with Crippen LogP contribution in [-0.2, 0) is 0 Å². The first-order chi connectivity index (χ1) is 8.84. The fourth-order valence-electron chi connectivity index (χ4n) is 1.71. The van der Waals surface area contributed by atoms with Crippen LogP contribution in [0.25, 0.3) is 10.6 Å².